The van der Waals surface area contributed by atoms with E-state index in [1.165, 1.54) is 24.3 Å². The Bertz CT molecular complexity index is 817. The molecule has 140 valence electrons. The molecular weight excluding hydrogens is 392 g/mol. The zero-order valence-corrected chi connectivity index (χ0v) is 15.1. The van der Waals surface area contributed by atoms with Crippen LogP contribution in [0.1, 0.15) is 33.5 Å². The second-order valence-electron chi connectivity index (χ2n) is 5.97. The lowest BCUT2D eigenvalue weighted by atomic mass is 9.86. The Labute approximate surface area is 158 Å². The van der Waals surface area contributed by atoms with E-state index in [-0.39, 0.29) is 22.0 Å². The van der Waals surface area contributed by atoms with Gasteiger partial charge in [-0.25, -0.2) is 4.79 Å². The largest absolute Gasteiger partial charge is 0.478 e. The Balaban J connectivity index is 2.35. The molecule has 0 radical (unpaired) electrons. The van der Waals surface area contributed by atoms with Crippen LogP contribution in [-0.4, -0.2) is 22.4 Å². The zero-order valence-electron chi connectivity index (χ0n) is 13.6. The minimum Gasteiger partial charge on any atom is -0.478 e. The van der Waals surface area contributed by atoms with Gasteiger partial charge in [0.15, 0.2) is 5.60 Å². The van der Waals surface area contributed by atoms with Gasteiger partial charge in [-0.05, 0) is 60.7 Å². The maximum absolute atomic E-state index is 13.6. The molecule has 0 bridgehead atoms. The lowest BCUT2D eigenvalue weighted by Crippen LogP contribution is -2.42. The minimum absolute atomic E-state index is 0.0168. The van der Waals surface area contributed by atoms with E-state index in [0.29, 0.717) is 11.1 Å². The van der Waals surface area contributed by atoms with Crippen molar-refractivity contribution in [2.24, 2.45) is 0 Å². The van der Waals surface area contributed by atoms with Crippen molar-refractivity contribution in [3.8, 4) is 0 Å². The maximum atomic E-state index is 13.6. The van der Waals surface area contributed by atoms with Crippen LogP contribution in [0.3, 0.4) is 0 Å². The van der Waals surface area contributed by atoms with Gasteiger partial charge in [0.25, 0.3) is 0 Å². The van der Waals surface area contributed by atoms with E-state index >= 15 is 0 Å². The van der Waals surface area contributed by atoms with Crippen molar-refractivity contribution in [3.63, 3.8) is 0 Å². The summed E-state index contributed by atoms with van der Waals surface area (Å²) in [6.07, 6.45) is -5.74. The summed E-state index contributed by atoms with van der Waals surface area (Å²) in [5, 5.41) is 19.4. The fourth-order valence-electron chi connectivity index (χ4n) is 2.69. The van der Waals surface area contributed by atoms with E-state index in [0.717, 1.165) is 12.1 Å². The lowest BCUT2D eigenvalue weighted by molar-refractivity contribution is -0.269. The highest BCUT2D eigenvalue weighted by atomic mass is 35.5. The van der Waals surface area contributed by atoms with Gasteiger partial charge < -0.3 is 10.2 Å². The fraction of sp³-hybridized carbons (Fsp3) is 0.278. The lowest BCUT2D eigenvalue weighted by Gasteiger charge is -2.31. The number of aryl methyl sites for hydroxylation is 2. The third-order valence-corrected chi connectivity index (χ3v) is 4.54. The number of carboxylic acid groups (broad SMARTS) is 1. The van der Waals surface area contributed by atoms with Gasteiger partial charge in [-0.15, -0.1) is 0 Å². The van der Waals surface area contributed by atoms with Crippen LogP contribution in [0, 0.1) is 6.92 Å². The second kappa shape index (κ2) is 7.47. The quantitative estimate of drug-likeness (QED) is 0.700. The molecule has 3 nitrogen and oxygen atoms in total. The molecule has 0 aliphatic rings. The van der Waals surface area contributed by atoms with Crippen LogP contribution in [0.5, 0.6) is 0 Å². The number of hydrogen-bond acceptors (Lipinski definition) is 2. The standard InChI is InChI=1S/C18H15Cl2F3O3/c1-10-6-11(2-3-15(10)16(24)25)4-5-17(26,18(21,22)23)12-7-13(19)9-14(20)8-12/h2-3,6-9,26H,4-5H2,1H3,(H,24,25). The average molecular weight is 407 g/mol. The van der Waals surface area contributed by atoms with Crippen molar-refractivity contribution in [3.05, 3.63) is 68.7 Å². The molecule has 0 amide bonds. The first-order valence-corrected chi connectivity index (χ1v) is 8.28. The summed E-state index contributed by atoms with van der Waals surface area (Å²) in [5.74, 6) is -1.12. The number of halogens is 5. The molecule has 0 fully saturated rings. The van der Waals surface area contributed by atoms with Crippen molar-refractivity contribution < 1.29 is 28.2 Å². The number of aliphatic hydroxyl groups is 1. The Kier molecular flexibility index (Phi) is 5.90. The molecule has 0 saturated heterocycles. The molecule has 0 spiro atoms. The summed E-state index contributed by atoms with van der Waals surface area (Å²) in [4.78, 5) is 11.0. The predicted octanol–water partition coefficient (Wildman–Crippen LogP) is 5.38. The third-order valence-electron chi connectivity index (χ3n) is 4.11. The zero-order chi connectivity index (χ0) is 19.7. The van der Waals surface area contributed by atoms with E-state index in [2.05, 4.69) is 0 Å². The molecule has 0 aliphatic carbocycles. The van der Waals surface area contributed by atoms with Gasteiger partial charge in [0, 0.05) is 10.0 Å². The molecule has 2 rings (SSSR count). The van der Waals surface area contributed by atoms with Gasteiger partial charge >= 0.3 is 12.1 Å². The number of aromatic carboxylic acids is 1. The summed E-state index contributed by atoms with van der Waals surface area (Å²) in [6.45, 7) is 1.56. The Morgan fingerprint density at radius 1 is 1.08 bits per heavy atom. The smallest absolute Gasteiger partial charge is 0.421 e. The fourth-order valence-corrected chi connectivity index (χ4v) is 3.21. The van der Waals surface area contributed by atoms with Gasteiger partial charge in [0.2, 0.25) is 0 Å². The van der Waals surface area contributed by atoms with Crippen LogP contribution in [-0.2, 0) is 12.0 Å². The normalized spacial score (nSPS) is 14.1. The van der Waals surface area contributed by atoms with Crippen LogP contribution in [0.15, 0.2) is 36.4 Å². The monoisotopic (exact) mass is 406 g/mol. The van der Waals surface area contributed by atoms with Gasteiger partial charge in [-0.3, -0.25) is 0 Å². The van der Waals surface area contributed by atoms with Crippen molar-refractivity contribution in [1.82, 2.24) is 0 Å². The molecule has 2 aromatic rings. The number of carboxylic acids is 1. The molecule has 1 atom stereocenters. The highest BCUT2D eigenvalue weighted by Crippen LogP contribution is 2.43. The van der Waals surface area contributed by atoms with Crippen molar-refractivity contribution in [2.45, 2.75) is 31.5 Å². The molecule has 26 heavy (non-hydrogen) atoms. The first kappa shape index (κ1) is 20.6. The molecule has 0 heterocycles. The molecule has 8 heteroatoms. The summed E-state index contributed by atoms with van der Waals surface area (Å²) < 4.78 is 40.8. The van der Waals surface area contributed by atoms with Crippen LogP contribution < -0.4 is 0 Å². The van der Waals surface area contributed by atoms with Gasteiger partial charge in [0.05, 0.1) is 5.56 Å². The van der Waals surface area contributed by atoms with Gasteiger partial charge in [-0.1, -0.05) is 35.3 Å². The number of benzene rings is 2. The molecular formula is C18H15Cl2F3O3. The minimum atomic E-state index is -4.95. The van der Waals surface area contributed by atoms with Crippen LogP contribution >= 0.6 is 23.2 Å². The maximum Gasteiger partial charge on any atom is 0.421 e. The van der Waals surface area contributed by atoms with Crippen molar-refractivity contribution >= 4 is 29.2 Å². The van der Waals surface area contributed by atoms with E-state index in [4.69, 9.17) is 28.3 Å². The van der Waals surface area contributed by atoms with E-state index in [9.17, 15) is 23.1 Å². The summed E-state index contributed by atoms with van der Waals surface area (Å²) >= 11 is 11.5. The Morgan fingerprint density at radius 2 is 1.65 bits per heavy atom. The second-order valence-corrected chi connectivity index (χ2v) is 6.84. The number of alkyl halides is 3. The molecule has 1 unspecified atom stereocenters. The third kappa shape index (κ3) is 4.31. The van der Waals surface area contributed by atoms with Crippen LogP contribution in [0.4, 0.5) is 13.2 Å². The number of rotatable bonds is 5. The number of carbonyl (C=O) groups is 1. The van der Waals surface area contributed by atoms with Crippen molar-refractivity contribution in [2.75, 3.05) is 0 Å². The molecule has 0 aliphatic heterocycles. The molecule has 2 N–H and O–H groups in total. The van der Waals surface area contributed by atoms with Crippen molar-refractivity contribution in [1.29, 1.82) is 0 Å². The average Bonchev–Trinajstić information content (AvgIpc) is 2.50. The SMILES string of the molecule is Cc1cc(CCC(O)(c2cc(Cl)cc(Cl)c2)C(F)(F)F)ccc1C(=O)O. The van der Waals surface area contributed by atoms with E-state index in [1.54, 1.807) is 6.92 Å². The molecule has 0 aromatic heterocycles. The summed E-state index contributed by atoms with van der Waals surface area (Å²) in [6, 6.07) is 7.58. The van der Waals surface area contributed by atoms with E-state index in [1.807, 2.05) is 0 Å². The Hall–Kier alpha value is -1.76. The summed E-state index contributed by atoms with van der Waals surface area (Å²) in [7, 11) is 0. The highest BCUT2D eigenvalue weighted by Gasteiger charge is 2.54. The highest BCUT2D eigenvalue weighted by molar-refractivity contribution is 6.34. The number of hydrogen-bond donors (Lipinski definition) is 2. The van der Waals surface area contributed by atoms with E-state index < -0.39 is 29.7 Å². The predicted molar refractivity (Wildman–Crippen MR) is 92.9 cm³/mol. The van der Waals surface area contributed by atoms with Crippen LogP contribution in [0.2, 0.25) is 10.0 Å². The first-order chi connectivity index (χ1) is 11.9. The Morgan fingerprint density at radius 3 is 2.12 bits per heavy atom. The van der Waals surface area contributed by atoms with Gasteiger partial charge in [-0.2, -0.15) is 13.2 Å². The summed E-state index contributed by atoms with van der Waals surface area (Å²) in [5.41, 5.74) is -2.61. The molecule has 0 saturated carbocycles. The first-order valence-electron chi connectivity index (χ1n) is 7.52. The topological polar surface area (TPSA) is 57.5 Å². The molecule has 2 aromatic carbocycles. The van der Waals surface area contributed by atoms with Gasteiger partial charge in [0.1, 0.15) is 0 Å². The van der Waals surface area contributed by atoms with Crippen LogP contribution in [0.25, 0.3) is 0 Å².